The number of thiazole rings is 1. The number of nitrogens with one attached hydrogen (secondary N) is 1. The number of carboxylic acids is 1. The molecule has 1 heterocycles. The molecule has 1 rings (SSSR count). The summed E-state index contributed by atoms with van der Waals surface area (Å²) in [6, 6.07) is -0.327. The van der Waals surface area contributed by atoms with Crippen LogP contribution in [0.4, 0.5) is 0 Å². The second-order valence-electron chi connectivity index (χ2n) is 3.44. The summed E-state index contributed by atoms with van der Waals surface area (Å²) < 4.78 is 0. The minimum absolute atomic E-state index is 0.0555. The van der Waals surface area contributed by atoms with E-state index in [-0.39, 0.29) is 18.4 Å². The van der Waals surface area contributed by atoms with Crippen molar-refractivity contribution in [2.75, 3.05) is 0 Å². The lowest BCUT2D eigenvalue weighted by atomic mass is 10.1. The largest absolute Gasteiger partial charge is 0.481 e. The van der Waals surface area contributed by atoms with Gasteiger partial charge in [-0.2, -0.15) is 0 Å². The first-order valence-corrected chi connectivity index (χ1v) is 5.85. The molecule has 5 nitrogen and oxygen atoms in total. The predicted octanol–water partition coefficient (Wildman–Crippen LogP) is 1.43. The third-order valence-electron chi connectivity index (χ3n) is 2.20. The van der Waals surface area contributed by atoms with Crippen molar-refractivity contribution in [1.82, 2.24) is 10.3 Å². The van der Waals surface area contributed by atoms with E-state index in [0.29, 0.717) is 17.0 Å². The number of hydrogen-bond donors (Lipinski definition) is 2. The number of amides is 1. The molecule has 0 aliphatic heterocycles. The van der Waals surface area contributed by atoms with Gasteiger partial charge in [-0.3, -0.25) is 9.59 Å². The lowest BCUT2D eigenvalue weighted by Crippen LogP contribution is -2.35. The summed E-state index contributed by atoms with van der Waals surface area (Å²) in [5.74, 6) is -1.15. The van der Waals surface area contributed by atoms with Crippen LogP contribution in [0.3, 0.4) is 0 Å². The van der Waals surface area contributed by atoms with Gasteiger partial charge >= 0.3 is 5.97 Å². The van der Waals surface area contributed by atoms with E-state index in [4.69, 9.17) is 5.11 Å². The minimum atomic E-state index is -0.909. The van der Waals surface area contributed by atoms with Gasteiger partial charge in [-0.25, -0.2) is 4.98 Å². The zero-order chi connectivity index (χ0) is 12.1. The van der Waals surface area contributed by atoms with Crippen molar-refractivity contribution < 1.29 is 14.7 Å². The van der Waals surface area contributed by atoms with E-state index < -0.39 is 5.97 Å². The molecular weight excluding hydrogens is 228 g/mol. The van der Waals surface area contributed by atoms with Crippen molar-refractivity contribution in [2.45, 2.75) is 32.7 Å². The topological polar surface area (TPSA) is 79.3 Å². The zero-order valence-electron chi connectivity index (χ0n) is 9.19. The summed E-state index contributed by atoms with van der Waals surface area (Å²) in [6.07, 6.45) is 0.538. The summed E-state index contributed by atoms with van der Waals surface area (Å²) in [4.78, 5) is 26.8. The van der Waals surface area contributed by atoms with Crippen molar-refractivity contribution in [1.29, 1.82) is 0 Å². The van der Waals surface area contributed by atoms with Gasteiger partial charge in [0.15, 0.2) is 0 Å². The minimum Gasteiger partial charge on any atom is -0.481 e. The Morgan fingerprint density at radius 2 is 2.31 bits per heavy atom. The Hall–Kier alpha value is -1.43. The van der Waals surface area contributed by atoms with Gasteiger partial charge in [-0.15, -0.1) is 11.3 Å². The average molecular weight is 242 g/mol. The van der Waals surface area contributed by atoms with Crippen LogP contribution in [0.15, 0.2) is 5.51 Å². The van der Waals surface area contributed by atoms with Gasteiger partial charge in [0.25, 0.3) is 5.91 Å². The molecule has 0 aliphatic rings. The molecule has 6 heteroatoms. The number of aromatic nitrogens is 1. The quantitative estimate of drug-likeness (QED) is 0.818. The SMILES string of the molecule is CCC(CC(=O)O)NC(=O)c1scnc1C. The highest BCUT2D eigenvalue weighted by molar-refractivity contribution is 7.11. The number of rotatable bonds is 5. The molecule has 0 bridgehead atoms. The van der Waals surface area contributed by atoms with Gasteiger partial charge < -0.3 is 10.4 Å². The number of carboxylic acid groups (broad SMARTS) is 1. The molecule has 88 valence electrons. The molecule has 1 aromatic rings. The first kappa shape index (κ1) is 12.6. The molecule has 1 atom stereocenters. The van der Waals surface area contributed by atoms with Crippen LogP contribution >= 0.6 is 11.3 Å². The van der Waals surface area contributed by atoms with E-state index in [1.54, 1.807) is 12.4 Å². The summed E-state index contributed by atoms with van der Waals surface area (Å²) in [5, 5.41) is 11.3. The predicted molar refractivity (Wildman–Crippen MR) is 60.6 cm³/mol. The molecule has 0 fully saturated rings. The summed E-state index contributed by atoms with van der Waals surface area (Å²) in [5.41, 5.74) is 2.27. The smallest absolute Gasteiger partial charge is 0.305 e. The molecule has 0 saturated carbocycles. The van der Waals surface area contributed by atoms with E-state index in [1.807, 2.05) is 6.92 Å². The fourth-order valence-corrected chi connectivity index (χ4v) is 1.98. The Labute approximate surface area is 97.5 Å². The van der Waals surface area contributed by atoms with Crippen molar-refractivity contribution in [3.63, 3.8) is 0 Å². The molecule has 0 spiro atoms. The molecule has 0 radical (unpaired) electrons. The van der Waals surface area contributed by atoms with E-state index in [9.17, 15) is 9.59 Å². The maximum absolute atomic E-state index is 11.7. The highest BCUT2D eigenvalue weighted by Crippen LogP contribution is 2.12. The van der Waals surface area contributed by atoms with E-state index >= 15 is 0 Å². The maximum Gasteiger partial charge on any atom is 0.305 e. The summed E-state index contributed by atoms with van der Waals surface area (Å²) >= 11 is 1.26. The molecule has 2 N–H and O–H groups in total. The molecule has 1 unspecified atom stereocenters. The highest BCUT2D eigenvalue weighted by Gasteiger charge is 2.17. The Balaban J connectivity index is 2.62. The lowest BCUT2D eigenvalue weighted by molar-refractivity contribution is -0.137. The highest BCUT2D eigenvalue weighted by atomic mass is 32.1. The van der Waals surface area contributed by atoms with Crippen molar-refractivity contribution >= 4 is 23.2 Å². The number of aryl methyl sites for hydroxylation is 1. The van der Waals surface area contributed by atoms with Crippen LogP contribution in [0.2, 0.25) is 0 Å². The van der Waals surface area contributed by atoms with E-state index in [0.717, 1.165) is 0 Å². The van der Waals surface area contributed by atoms with Crippen molar-refractivity contribution in [3.05, 3.63) is 16.1 Å². The monoisotopic (exact) mass is 242 g/mol. The molecule has 16 heavy (non-hydrogen) atoms. The number of nitrogens with zero attached hydrogens (tertiary/aromatic N) is 1. The van der Waals surface area contributed by atoms with Gasteiger partial charge in [0, 0.05) is 6.04 Å². The molecular formula is C10H14N2O3S. The fourth-order valence-electron chi connectivity index (χ4n) is 1.28. The Bertz CT molecular complexity index is 389. The fraction of sp³-hybridized carbons (Fsp3) is 0.500. The van der Waals surface area contributed by atoms with Crippen LogP contribution in [0.5, 0.6) is 0 Å². The van der Waals surface area contributed by atoms with Crippen LogP contribution < -0.4 is 5.32 Å². The lowest BCUT2D eigenvalue weighted by Gasteiger charge is -2.13. The molecule has 0 saturated heterocycles. The first-order chi connectivity index (χ1) is 7.54. The number of carbonyl (C=O) groups excluding carboxylic acids is 1. The third kappa shape index (κ3) is 3.30. The van der Waals surface area contributed by atoms with Gasteiger partial charge in [0.05, 0.1) is 17.6 Å². The van der Waals surface area contributed by atoms with Crippen molar-refractivity contribution in [3.8, 4) is 0 Å². The van der Waals surface area contributed by atoms with Crippen LogP contribution in [0, 0.1) is 6.92 Å². The number of hydrogen-bond acceptors (Lipinski definition) is 4. The maximum atomic E-state index is 11.7. The second kappa shape index (κ2) is 5.60. The van der Waals surface area contributed by atoms with Gasteiger partial charge in [-0.1, -0.05) is 6.92 Å². The van der Waals surface area contributed by atoms with Gasteiger partial charge in [-0.05, 0) is 13.3 Å². The molecule has 0 aromatic carbocycles. The molecule has 1 aromatic heterocycles. The Morgan fingerprint density at radius 1 is 1.62 bits per heavy atom. The number of aliphatic carboxylic acids is 1. The standard InChI is InChI=1S/C10H14N2O3S/c1-3-7(4-8(13)14)12-10(15)9-6(2)11-5-16-9/h5,7H,3-4H2,1-2H3,(H,12,15)(H,13,14). The van der Waals surface area contributed by atoms with E-state index in [2.05, 4.69) is 10.3 Å². The molecule has 0 aliphatic carbocycles. The van der Waals surface area contributed by atoms with Gasteiger partial charge in [0.2, 0.25) is 0 Å². The van der Waals surface area contributed by atoms with Gasteiger partial charge in [0.1, 0.15) is 4.88 Å². The van der Waals surface area contributed by atoms with Crippen LogP contribution in [-0.4, -0.2) is 28.0 Å². The Kier molecular flexibility index (Phi) is 4.42. The second-order valence-corrected chi connectivity index (χ2v) is 4.30. The van der Waals surface area contributed by atoms with E-state index in [1.165, 1.54) is 11.3 Å². The van der Waals surface area contributed by atoms with Crippen LogP contribution in [0.25, 0.3) is 0 Å². The average Bonchev–Trinajstić information content (AvgIpc) is 2.62. The van der Waals surface area contributed by atoms with Crippen LogP contribution in [-0.2, 0) is 4.79 Å². The number of carbonyl (C=O) groups is 2. The summed E-state index contributed by atoms with van der Waals surface area (Å²) in [7, 11) is 0. The third-order valence-corrected chi connectivity index (χ3v) is 3.13. The van der Waals surface area contributed by atoms with Crippen molar-refractivity contribution in [2.24, 2.45) is 0 Å². The summed E-state index contributed by atoms with van der Waals surface area (Å²) in [6.45, 7) is 3.59. The molecule has 1 amide bonds. The zero-order valence-corrected chi connectivity index (χ0v) is 10.0. The normalized spacial score (nSPS) is 12.1. The van der Waals surface area contributed by atoms with Crippen LogP contribution in [0.1, 0.15) is 35.1 Å². The Morgan fingerprint density at radius 3 is 2.75 bits per heavy atom. The first-order valence-electron chi connectivity index (χ1n) is 4.97.